The van der Waals surface area contributed by atoms with Crippen molar-refractivity contribution in [2.24, 2.45) is 0 Å². The van der Waals surface area contributed by atoms with Crippen molar-refractivity contribution >= 4 is 27.3 Å². The van der Waals surface area contributed by atoms with Crippen LogP contribution in [0.4, 0.5) is 0 Å². The van der Waals surface area contributed by atoms with Crippen LogP contribution in [0.3, 0.4) is 0 Å². The molecule has 8 heteroatoms. The minimum absolute atomic E-state index is 0.0257. The Morgan fingerprint density at radius 1 is 1.55 bits per heavy atom. The number of thiophene rings is 1. The maximum atomic E-state index is 12.6. The Labute approximate surface area is 122 Å². The molecule has 1 aromatic heterocycles. The van der Waals surface area contributed by atoms with Crippen molar-refractivity contribution in [1.29, 1.82) is 0 Å². The van der Waals surface area contributed by atoms with Crippen LogP contribution in [0, 0.1) is 0 Å². The van der Waals surface area contributed by atoms with Crippen LogP contribution in [0.15, 0.2) is 16.3 Å². The molecule has 1 atom stereocenters. The van der Waals surface area contributed by atoms with E-state index in [0.717, 1.165) is 11.3 Å². The molecule has 1 saturated heterocycles. The number of esters is 1. The van der Waals surface area contributed by atoms with E-state index in [9.17, 15) is 13.2 Å². The van der Waals surface area contributed by atoms with E-state index in [4.69, 9.17) is 4.74 Å². The summed E-state index contributed by atoms with van der Waals surface area (Å²) >= 11 is 1.23. The van der Waals surface area contributed by atoms with E-state index in [0.29, 0.717) is 0 Å². The zero-order chi connectivity index (χ0) is 14.8. The summed E-state index contributed by atoms with van der Waals surface area (Å²) in [6.45, 7) is 2.42. The molecule has 112 valence electrons. The molecular formula is C12H17NO5S2. The first-order chi connectivity index (χ1) is 9.50. The number of ether oxygens (including phenoxy) is 2. The molecule has 1 aromatic rings. The van der Waals surface area contributed by atoms with Gasteiger partial charge in [0, 0.05) is 11.4 Å². The molecule has 0 amide bonds. The molecule has 0 saturated carbocycles. The highest BCUT2D eigenvalue weighted by molar-refractivity contribution is 7.91. The highest BCUT2D eigenvalue weighted by Crippen LogP contribution is 2.27. The molecule has 0 bridgehead atoms. The van der Waals surface area contributed by atoms with E-state index in [1.165, 1.54) is 22.8 Å². The van der Waals surface area contributed by atoms with Gasteiger partial charge in [-0.1, -0.05) is 6.92 Å². The quantitative estimate of drug-likeness (QED) is 0.770. The zero-order valence-corrected chi connectivity index (χ0v) is 13.0. The normalized spacial score (nSPS) is 20.8. The molecule has 0 N–H and O–H groups in total. The lowest BCUT2D eigenvalue weighted by molar-refractivity contribution is -0.149. The van der Waals surface area contributed by atoms with Gasteiger partial charge in [-0.05, 0) is 18.6 Å². The van der Waals surface area contributed by atoms with E-state index >= 15 is 0 Å². The first kappa shape index (κ1) is 15.4. The van der Waals surface area contributed by atoms with Crippen molar-refractivity contribution in [3.05, 3.63) is 17.0 Å². The van der Waals surface area contributed by atoms with Crippen molar-refractivity contribution in [2.75, 3.05) is 26.9 Å². The minimum atomic E-state index is -3.68. The Bertz CT molecular complexity index is 580. The predicted octanol–water partition coefficient (Wildman–Crippen LogP) is 0.873. The number of aryl methyl sites for hydroxylation is 1. The summed E-state index contributed by atoms with van der Waals surface area (Å²) in [5, 5.41) is 0. The molecule has 1 aliphatic rings. The second kappa shape index (κ2) is 6.21. The van der Waals surface area contributed by atoms with Gasteiger partial charge in [0.2, 0.25) is 0 Å². The average molecular weight is 319 g/mol. The number of sulfonamides is 1. The van der Waals surface area contributed by atoms with Crippen LogP contribution >= 0.6 is 11.3 Å². The monoisotopic (exact) mass is 319 g/mol. The fourth-order valence-electron chi connectivity index (χ4n) is 2.00. The third kappa shape index (κ3) is 2.88. The van der Waals surface area contributed by atoms with Crippen LogP contribution in [0.1, 0.15) is 11.8 Å². The summed E-state index contributed by atoms with van der Waals surface area (Å²) < 4.78 is 36.5. The van der Waals surface area contributed by atoms with E-state index in [2.05, 4.69) is 4.74 Å². The minimum Gasteiger partial charge on any atom is -0.468 e. The molecule has 2 rings (SSSR count). The third-order valence-electron chi connectivity index (χ3n) is 3.10. The van der Waals surface area contributed by atoms with Gasteiger partial charge in [0.05, 0.1) is 20.3 Å². The molecule has 1 aliphatic heterocycles. The molecule has 0 aliphatic carbocycles. The molecule has 0 aromatic carbocycles. The first-order valence-electron chi connectivity index (χ1n) is 6.26. The van der Waals surface area contributed by atoms with Gasteiger partial charge in [-0.25, -0.2) is 8.42 Å². The molecule has 6 nitrogen and oxygen atoms in total. The van der Waals surface area contributed by atoms with Crippen molar-refractivity contribution in [2.45, 2.75) is 23.6 Å². The molecule has 2 heterocycles. The van der Waals surface area contributed by atoms with Gasteiger partial charge < -0.3 is 9.47 Å². The van der Waals surface area contributed by atoms with E-state index in [1.54, 1.807) is 12.1 Å². The Morgan fingerprint density at radius 3 is 2.90 bits per heavy atom. The molecule has 0 spiro atoms. The number of hydrogen-bond acceptors (Lipinski definition) is 6. The number of carbonyl (C=O) groups is 1. The summed E-state index contributed by atoms with van der Waals surface area (Å²) in [4.78, 5) is 12.7. The number of nitrogens with zero attached hydrogens (tertiary/aromatic N) is 1. The Hall–Kier alpha value is -0.960. The number of rotatable bonds is 4. The summed E-state index contributed by atoms with van der Waals surface area (Å²) in [5.74, 6) is -0.597. The fourth-order valence-corrected chi connectivity index (χ4v) is 4.97. The van der Waals surface area contributed by atoms with Crippen LogP contribution in [0.5, 0.6) is 0 Å². The highest BCUT2D eigenvalue weighted by atomic mass is 32.2. The number of hydrogen-bond donors (Lipinski definition) is 0. The smallest absolute Gasteiger partial charge is 0.326 e. The van der Waals surface area contributed by atoms with Gasteiger partial charge in [0.15, 0.2) is 0 Å². The first-order valence-corrected chi connectivity index (χ1v) is 8.52. The molecule has 1 unspecified atom stereocenters. The molecule has 20 heavy (non-hydrogen) atoms. The van der Waals surface area contributed by atoms with Crippen LogP contribution in [0.25, 0.3) is 0 Å². The van der Waals surface area contributed by atoms with Gasteiger partial charge >= 0.3 is 5.97 Å². The second-order valence-electron chi connectivity index (χ2n) is 4.30. The van der Waals surface area contributed by atoms with E-state index in [-0.39, 0.29) is 24.0 Å². The van der Waals surface area contributed by atoms with Crippen molar-refractivity contribution in [3.8, 4) is 0 Å². The lowest BCUT2D eigenvalue weighted by atomic mass is 10.3. The Kier molecular flexibility index (Phi) is 4.79. The molecule has 0 radical (unpaired) electrons. The van der Waals surface area contributed by atoms with Crippen LogP contribution in [-0.4, -0.2) is 51.6 Å². The highest BCUT2D eigenvalue weighted by Gasteiger charge is 2.39. The Balaban J connectivity index is 2.32. The van der Waals surface area contributed by atoms with Gasteiger partial charge in [0.1, 0.15) is 10.3 Å². The fraction of sp³-hybridized carbons (Fsp3) is 0.583. The summed E-state index contributed by atoms with van der Waals surface area (Å²) in [6, 6.07) is 2.47. The lowest BCUT2D eigenvalue weighted by Gasteiger charge is -2.32. The van der Waals surface area contributed by atoms with Crippen molar-refractivity contribution < 1.29 is 22.7 Å². The van der Waals surface area contributed by atoms with Crippen molar-refractivity contribution in [3.63, 3.8) is 0 Å². The third-order valence-corrected chi connectivity index (χ3v) is 6.71. The van der Waals surface area contributed by atoms with E-state index in [1.807, 2.05) is 6.92 Å². The lowest BCUT2D eigenvalue weighted by Crippen LogP contribution is -2.52. The summed E-state index contributed by atoms with van der Waals surface area (Å²) in [7, 11) is -2.45. The van der Waals surface area contributed by atoms with Gasteiger partial charge in [-0.3, -0.25) is 4.79 Å². The van der Waals surface area contributed by atoms with Gasteiger partial charge in [0.25, 0.3) is 10.0 Å². The van der Waals surface area contributed by atoms with Crippen molar-refractivity contribution in [1.82, 2.24) is 4.31 Å². The molecule has 1 fully saturated rings. The number of morpholine rings is 1. The zero-order valence-electron chi connectivity index (χ0n) is 11.4. The standard InChI is InChI=1S/C12H17NO5S2/c1-3-9-4-5-11(19-9)20(15,16)13-6-7-18-8-10(13)12(14)17-2/h4-5,10H,3,6-8H2,1-2H3. The summed E-state index contributed by atoms with van der Waals surface area (Å²) in [6.07, 6.45) is 0.781. The Morgan fingerprint density at radius 2 is 2.30 bits per heavy atom. The average Bonchev–Trinajstić information content (AvgIpc) is 2.96. The number of methoxy groups -OCH3 is 1. The van der Waals surface area contributed by atoms with E-state index < -0.39 is 22.0 Å². The van der Waals surface area contributed by atoms with Gasteiger partial charge in [-0.15, -0.1) is 11.3 Å². The maximum absolute atomic E-state index is 12.6. The topological polar surface area (TPSA) is 72.9 Å². The maximum Gasteiger partial charge on any atom is 0.326 e. The SMILES string of the molecule is CCc1ccc(S(=O)(=O)N2CCOCC2C(=O)OC)s1. The number of carbonyl (C=O) groups excluding carboxylic acids is 1. The summed E-state index contributed by atoms with van der Waals surface area (Å²) in [5.41, 5.74) is 0. The van der Waals surface area contributed by atoms with Gasteiger partial charge in [-0.2, -0.15) is 4.31 Å². The predicted molar refractivity (Wildman–Crippen MR) is 74.2 cm³/mol. The van der Waals surface area contributed by atoms with Crippen LogP contribution in [0.2, 0.25) is 0 Å². The largest absolute Gasteiger partial charge is 0.468 e. The second-order valence-corrected chi connectivity index (χ2v) is 7.59. The molecular weight excluding hydrogens is 302 g/mol. The van der Waals surface area contributed by atoms with Crippen LogP contribution < -0.4 is 0 Å². The van der Waals surface area contributed by atoms with Crippen LogP contribution in [-0.2, 0) is 30.7 Å².